The summed E-state index contributed by atoms with van der Waals surface area (Å²) in [7, 11) is 0. The molecule has 0 spiro atoms. The van der Waals surface area contributed by atoms with Crippen LogP contribution in [0.4, 0.5) is 0 Å². The van der Waals surface area contributed by atoms with E-state index >= 15 is 0 Å². The van der Waals surface area contributed by atoms with E-state index in [0.29, 0.717) is 19.4 Å². The first-order chi connectivity index (χ1) is 8.01. The Morgan fingerprint density at radius 3 is 2.65 bits per heavy atom. The van der Waals surface area contributed by atoms with Crippen LogP contribution >= 0.6 is 15.9 Å². The maximum Gasteiger partial charge on any atom is 0.168 e. The topological polar surface area (TPSA) is 26.3 Å². The maximum atomic E-state index is 12.2. The quantitative estimate of drug-likeness (QED) is 0.799. The van der Waals surface area contributed by atoms with Gasteiger partial charge in [0.2, 0.25) is 0 Å². The van der Waals surface area contributed by atoms with E-state index in [9.17, 15) is 4.79 Å². The Morgan fingerprint density at radius 2 is 2.12 bits per heavy atom. The lowest BCUT2D eigenvalue weighted by atomic mass is 9.92. The van der Waals surface area contributed by atoms with Gasteiger partial charge in [0.15, 0.2) is 5.78 Å². The molecule has 0 N–H and O–H groups in total. The highest BCUT2D eigenvalue weighted by Crippen LogP contribution is 2.20. The van der Waals surface area contributed by atoms with Crippen molar-refractivity contribution in [2.24, 2.45) is 0 Å². The van der Waals surface area contributed by atoms with Crippen molar-refractivity contribution in [2.75, 3.05) is 6.61 Å². The van der Waals surface area contributed by atoms with Gasteiger partial charge in [0.05, 0.1) is 0 Å². The summed E-state index contributed by atoms with van der Waals surface area (Å²) in [4.78, 5) is 12.2. The number of carbonyl (C=O) groups is 1. The summed E-state index contributed by atoms with van der Waals surface area (Å²) in [6.45, 7) is 6.33. The van der Waals surface area contributed by atoms with Crippen LogP contribution < -0.4 is 0 Å². The maximum absolute atomic E-state index is 12.2. The predicted octanol–water partition coefficient (Wildman–Crippen LogP) is 3.77. The van der Waals surface area contributed by atoms with Gasteiger partial charge < -0.3 is 4.74 Å². The Bertz CT molecular complexity index is 390. The summed E-state index contributed by atoms with van der Waals surface area (Å²) in [5.41, 5.74) is 0.362. The average Bonchev–Trinajstić information content (AvgIpc) is 2.29. The molecular weight excluding hydrogens is 280 g/mol. The third kappa shape index (κ3) is 3.93. The number of hydrogen-bond donors (Lipinski definition) is 0. The molecule has 0 aromatic heterocycles. The SMILES string of the molecule is CCOC(C)(CC)C(=O)Cc1cccc(Br)c1. The highest BCUT2D eigenvalue weighted by atomic mass is 79.9. The van der Waals surface area contributed by atoms with E-state index < -0.39 is 5.60 Å². The molecular formula is C14H19BrO2. The minimum absolute atomic E-state index is 0.139. The smallest absolute Gasteiger partial charge is 0.168 e. The fraction of sp³-hybridized carbons (Fsp3) is 0.500. The molecule has 1 aromatic rings. The van der Waals surface area contributed by atoms with Crippen molar-refractivity contribution in [3.63, 3.8) is 0 Å². The van der Waals surface area contributed by atoms with Crippen LogP contribution in [-0.4, -0.2) is 18.0 Å². The minimum atomic E-state index is -0.656. The fourth-order valence-corrected chi connectivity index (χ4v) is 2.16. The second-order valence-corrected chi connectivity index (χ2v) is 5.16. The van der Waals surface area contributed by atoms with Crippen molar-refractivity contribution in [1.82, 2.24) is 0 Å². The molecule has 1 atom stereocenters. The van der Waals surface area contributed by atoms with E-state index in [4.69, 9.17) is 4.74 Å². The molecule has 3 heteroatoms. The third-order valence-electron chi connectivity index (χ3n) is 2.98. The number of Topliss-reactive ketones (excluding diaryl/α,β-unsaturated/α-hetero) is 1. The molecule has 0 aliphatic heterocycles. The first kappa shape index (κ1) is 14.4. The number of rotatable bonds is 6. The Morgan fingerprint density at radius 1 is 1.41 bits per heavy atom. The molecule has 0 aliphatic carbocycles. The van der Waals surface area contributed by atoms with Crippen LogP contribution in [0, 0.1) is 0 Å². The van der Waals surface area contributed by atoms with E-state index in [-0.39, 0.29) is 5.78 Å². The molecule has 94 valence electrons. The number of ether oxygens (including phenoxy) is 1. The Labute approximate surface area is 111 Å². The summed E-state index contributed by atoms with van der Waals surface area (Å²) in [5.74, 6) is 0.139. The molecule has 0 radical (unpaired) electrons. The third-order valence-corrected chi connectivity index (χ3v) is 3.47. The molecule has 0 bridgehead atoms. The molecule has 0 saturated carbocycles. The van der Waals surface area contributed by atoms with Crippen LogP contribution in [0.1, 0.15) is 32.8 Å². The lowest BCUT2D eigenvalue weighted by Crippen LogP contribution is -2.39. The average molecular weight is 299 g/mol. The Balaban J connectivity index is 2.77. The molecule has 0 amide bonds. The molecule has 0 heterocycles. The van der Waals surface area contributed by atoms with E-state index in [1.54, 1.807) is 0 Å². The molecule has 17 heavy (non-hydrogen) atoms. The lowest BCUT2D eigenvalue weighted by Gasteiger charge is -2.26. The van der Waals surface area contributed by atoms with E-state index in [1.165, 1.54) is 0 Å². The molecule has 2 nitrogen and oxygen atoms in total. The zero-order valence-corrected chi connectivity index (χ0v) is 12.2. The predicted molar refractivity (Wildman–Crippen MR) is 73.2 cm³/mol. The summed E-state index contributed by atoms with van der Waals surface area (Å²) < 4.78 is 6.58. The van der Waals surface area contributed by atoms with Crippen molar-refractivity contribution in [1.29, 1.82) is 0 Å². The number of ketones is 1. The number of benzene rings is 1. The van der Waals surface area contributed by atoms with Crippen LogP contribution in [-0.2, 0) is 16.0 Å². The number of halogens is 1. The van der Waals surface area contributed by atoms with Gasteiger partial charge in [-0.2, -0.15) is 0 Å². The summed E-state index contributed by atoms with van der Waals surface area (Å²) >= 11 is 3.41. The molecule has 1 aromatic carbocycles. The molecule has 0 saturated heterocycles. The first-order valence-electron chi connectivity index (χ1n) is 5.93. The Kier molecular flexibility index (Phi) is 5.34. The van der Waals surface area contributed by atoms with Gasteiger partial charge in [0.25, 0.3) is 0 Å². The van der Waals surface area contributed by atoms with Crippen molar-refractivity contribution in [3.8, 4) is 0 Å². The van der Waals surface area contributed by atoms with Crippen LogP contribution in [0.25, 0.3) is 0 Å². The van der Waals surface area contributed by atoms with Gasteiger partial charge in [-0.1, -0.05) is 35.0 Å². The van der Waals surface area contributed by atoms with Crippen LogP contribution in [0.5, 0.6) is 0 Å². The lowest BCUT2D eigenvalue weighted by molar-refractivity contribution is -0.141. The number of carbonyl (C=O) groups excluding carboxylic acids is 1. The van der Waals surface area contributed by atoms with Gasteiger partial charge in [-0.25, -0.2) is 0 Å². The summed E-state index contributed by atoms with van der Waals surface area (Å²) in [6.07, 6.45) is 1.12. The van der Waals surface area contributed by atoms with E-state index in [1.807, 2.05) is 45.0 Å². The van der Waals surface area contributed by atoms with Crippen LogP contribution in [0.15, 0.2) is 28.7 Å². The summed E-state index contributed by atoms with van der Waals surface area (Å²) in [6, 6.07) is 7.83. The van der Waals surface area contributed by atoms with Gasteiger partial charge in [0, 0.05) is 17.5 Å². The van der Waals surface area contributed by atoms with Crippen molar-refractivity contribution >= 4 is 21.7 Å². The first-order valence-corrected chi connectivity index (χ1v) is 6.73. The number of hydrogen-bond acceptors (Lipinski definition) is 2. The van der Waals surface area contributed by atoms with Crippen molar-refractivity contribution in [2.45, 2.75) is 39.2 Å². The van der Waals surface area contributed by atoms with E-state index in [0.717, 1.165) is 10.0 Å². The van der Waals surface area contributed by atoms with Crippen molar-refractivity contribution < 1.29 is 9.53 Å². The van der Waals surface area contributed by atoms with E-state index in [2.05, 4.69) is 15.9 Å². The second-order valence-electron chi connectivity index (χ2n) is 4.25. The fourth-order valence-electron chi connectivity index (χ4n) is 1.72. The second kappa shape index (κ2) is 6.31. The zero-order valence-electron chi connectivity index (χ0n) is 10.6. The van der Waals surface area contributed by atoms with Gasteiger partial charge in [0.1, 0.15) is 5.60 Å². The highest BCUT2D eigenvalue weighted by Gasteiger charge is 2.31. The zero-order chi connectivity index (χ0) is 12.9. The normalized spacial score (nSPS) is 14.4. The largest absolute Gasteiger partial charge is 0.368 e. The highest BCUT2D eigenvalue weighted by molar-refractivity contribution is 9.10. The van der Waals surface area contributed by atoms with Gasteiger partial charge >= 0.3 is 0 Å². The monoisotopic (exact) mass is 298 g/mol. The Hall–Kier alpha value is -0.670. The van der Waals surface area contributed by atoms with Gasteiger partial charge in [-0.15, -0.1) is 0 Å². The van der Waals surface area contributed by atoms with Gasteiger partial charge in [-0.3, -0.25) is 4.79 Å². The van der Waals surface area contributed by atoms with Gasteiger partial charge in [-0.05, 0) is 38.0 Å². The molecule has 1 rings (SSSR count). The molecule has 0 fully saturated rings. The summed E-state index contributed by atoms with van der Waals surface area (Å²) in [5, 5.41) is 0. The van der Waals surface area contributed by atoms with Crippen molar-refractivity contribution in [3.05, 3.63) is 34.3 Å². The molecule has 1 unspecified atom stereocenters. The minimum Gasteiger partial charge on any atom is -0.368 e. The van der Waals surface area contributed by atoms with Crippen LogP contribution in [0.2, 0.25) is 0 Å². The van der Waals surface area contributed by atoms with Crippen LogP contribution in [0.3, 0.4) is 0 Å². The standard InChI is InChI=1S/C14H19BrO2/c1-4-14(3,17-5-2)13(16)10-11-7-6-8-12(15)9-11/h6-9H,4-5,10H2,1-3H3. The molecule has 0 aliphatic rings.